The van der Waals surface area contributed by atoms with Gasteiger partial charge in [-0.15, -0.1) is 0 Å². The minimum absolute atomic E-state index is 0.00855. The molecular formula is C19H20N4O4. The van der Waals surface area contributed by atoms with Gasteiger partial charge in [-0.3, -0.25) is 24.6 Å². The van der Waals surface area contributed by atoms with Gasteiger partial charge in [0, 0.05) is 55.1 Å². The number of aromatic nitrogens is 1. The molecule has 2 atom stereocenters. The van der Waals surface area contributed by atoms with E-state index >= 15 is 0 Å². The lowest BCUT2D eigenvalue weighted by atomic mass is 9.83. The first kappa shape index (κ1) is 17.4. The number of hydrogen-bond donors (Lipinski definition) is 1. The minimum Gasteiger partial charge on any atom is -0.325 e. The number of nitro benzene ring substituents is 1. The smallest absolute Gasteiger partial charge is 0.269 e. The van der Waals surface area contributed by atoms with Gasteiger partial charge in [0.1, 0.15) is 0 Å². The first-order chi connectivity index (χ1) is 13.0. The number of anilines is 1. The number of carbonyl (C=O) groups is 1. The molecule has 27 heavy (non-hydrogen) atoms. The van der Waals surface area contributed by atoms with Crippen molar-refractivity contribution >= 4 is 17.3 Å². The summed E-state index contributed by atoms with van der Waals surface area (Å²) in [6, 6.07) is 11.2. The van der Waals surface area contributed by atoms with Gasteiger partial charge in [-0.1, -0.05) is 6.07 Å². The summed E-state index contributed by atoms with van der Waals surface area (Å²) in [5, 5.41) is 13.5. The summed E-state index contributed by atoms with van der Waals surface area (Å²) in [5.74, 6) is 0.483. The largest absolute Gasteiger partial charge is 0.325 e. The van der Waals surface area contributed by atoms with E-state index < -0.39 is 4.92 Å². The van der Waals surface area contributed by atoms with Crippen molar-refractivity contribution in [3.63, 3.8) is 0 Å². The van der Waals surface area contributed by atoms with Gasteiger partial charge in [-0.05, 0) is 30.5 Å². The number of carbonyl (C=O) groups excluding carboxylic acids is 1. The number of pyridine rings is 1. The number of nitrogens with zero attached hydrogens (tertiary/aromatic N) is 3. The molecule has 0 aliphatic carbocycles. The van der Waals surface area contributed by atoms with Crippen molar-refractivity contribution in [1.29, 1.82) is 0 Å². The standard InChI is InChI=1S/C19H20N4O4/c24-18(20-15-4-6-16(7-5-15)23(26)27)12-21-9-13-8-14(11-21)17-2-1-3-19(25)22(17)10-13/h1-7,13-14H,8-12H2,(H,20,24). The molecule has 1 aromatic carbocycles. The lowest BCUT2D eigenvalue weighted by molar-refractivity contribution is -0.384. The highest BCUT2D eigenvalue weighted by Gasteiger charge is 2.34. The van der Waals surface area contributed by atoms with Crippen LogP contribution in [0, 0.1) is 16.0 Å². The number of fused-ring (bicyclic) bond motifs is 4. The first-order valence-corrected chi connectivity index (χ1v) is 8.96. The molecule has 0 saturated carbocycles. The molecule has 1 saturated heterocycles. The first-order valence-electron chi connectivity index (χ1n) is 8.96. The topological polar surface area (TPSA) is 97.5 Å². The summed E-state index contributed by atoms with van der Waals surface area (Å²) in [5.41, 5.74) is 1.64. The van der Waals surface area contributed by atoms with Crippen LogP contribution >= 0.6 is 0 Å². The van der Waals surface area contributed by atoms with Gasteiger partial charge < -0.3 is 9.88 Å². The van der Waals surface area contributed by atoms with E-state index in [2.05, 4.69) is 10.2 Å². The molecule has 1 fully saturated rings. The van der Waals surface area contributed by atoms with E-state index in [1.54, 1.807) is 12.1 Å². The van der Waals surface area contributed by atoms with Crippen molar-refractivity contribution in [3.8, 4) is 0 Å². The van der Waals surface area contributed by atoms with Crippen LogP contribution in [0.25, 0.3) is 0 Å². The van der Waals surface area contributed by atoms with Crippen LogP contribution in [-0.2, 0) is 11.3 Å². The van der Waals surface area contributed by atoms with Crippen LogP contribution < -0.4 is 10.9 Å². The van der Waals surface area contributed by atoms with Crippen LogP contribution in [0.5, 0.6) is 0 Å². The average molecular weight is 368 g/mol. The molecule has 1 amide bonds. The molecule has 140 valence electrons. The zero-order chi connectivity index (χ0) is 19.0. The SMILES string of the molecule is O=C(CN1CC2CC(C1)c1cccc(=O)n1C2)Nc1ccc([N+](=O)[O-])cc1. The minimum atomic E-state index is -0.471. The molecule has 8 nitrogen and oxygen atoms in total. The summed E-state index contributed by atoms with van der Waals surface area (Å²) >= 11 is 0. The van der Waals surface area contributed by atoms with Crippen molar-refractivity contribution in [2.75, 3.05) is 25.0 Å². The van der Waals surface area contributed by atoms with E-state index in [0.29, 0.717) is 18.2 Å². The van der Waals surface area contributed by atoms with E-state index in [4.69, 9.17) is 0 Å². The second kappa shape index (κ2) is 6.96. The molecule has 0 spiro atoms. The van der Waals surface area contributed by atoms with Crippen LogP contribution in [0.1, 0.15) is 18.0 Å². The lowest BCUT2D eigenvalue weighted by Gasteiger charge is -2.42. The number of nitrogens with one attached hydrogen (secondary N) is 1. The highest BCUT2D eigenvalue weighted by Crippen LogP contribution is 2.34. The third-order valence-corrected chi connectivity index (χ3v) is 5.28. The third kappa shape index (κ3) is 3.61. The number of hydrogen-bond acceptors (Lipinski definition) is 5. The fraction of sp³-hybridized carbons (Fsp3) is 0.368. The summed E-state index contributed by atoms with van der Waals surface area (Å²) in [6.07, 6.45) is 1.05. The van der Waals surface area contributed by atoms with E-state index in [9.17, 15) is 19.7 Å². The third-order valence-electron chi connectivity index (χ3n) is 5.28. The zero-order valence-corrected chi connectivity index (χ0v) is 14.7. The van der Waals surface area contributed by atoms with Crippen LogP contribution in [0.15, 0.2) is 47.3 Å². The summed E-state index contributed by atoms with van der Waals surface area (Å²) in [6.45, 7) is 2.49. The molecule has 8 heteroatoms. The van der Waals surface area contributed by atoms with E-state index in [1.807, 2.05) is 10.6 Å². The maximum Gasteiger partial charge on any atom is 0.269 e. The van der Waals surface area contributed by atoms with E-state index in [-0.39, 0.29) is 29.6 Å². The van der Waals surface area contributed by atoms with Gasteiger partial charge in [0.15, 0.2) is 0 Å². The average Bonchev–Trinajstić information content (AvgIpc) is 2.63. The van der Waals surface area contributed by atoms with Gasteiger partial charge >= 0.3 is 0 Å². The second-order valence-corrected chi connectivity index (χ2v) is 7.24. The number of piperidine rings is 1. The van der Waals surface area contributed by atoms with Gasteiger partial charge in [-0.25, -0.2) is 0 Å². The molecule has 2 aromatic rings. The Kier molecular flexibility index (Phi) is 4.49. The fourth-order valence-corrected chi connectivity index (χ4v) is 4.19. The second-order valence-electron chi connectivity index (χ2n) is 7.24. The number of amides is 1. The molecule has 2 unspecified atom stereocenters. The van der Waals surface area contributed by atoms with Crippen molar-refractivity contribution in [3.05, 3.63) is 68.6 Å². The van der Waals surface area contributed by atoms with Crippen LogP contribution in [0.4, 0.5) is 11.4 Å². The monoisotopic (exact) mass is 368 g/mol. The Morgan fingerprint density at radius 2 is 1.93 bits per heavy atom. The molecule has 1 aromatic heterocycles. The van der Waals surface area contributed by atoms with Crippen LogP contribution in [0.2, 0.25) is 0 Å². The zero-order valence-electron chi connectivity index (χ0n) is 14.7. The molecule has 2 bridgehead atoms. The van der Waals surface area contributed by atoms with Gasteiger partial charge in [0.25, 0.3) is 11.2 Å². The Labute approximate surface area is 155 Å². The summed E-state index contributed by atoms with van der Waals surface area (Å²) in [7, 11) is 0. The van der Waals surface area contributed by atoms with E-state index in [1.165, 1.54) is 24.3 Å². The van der Waals surface area contributed by atoms with E-state index in [0.717, 1.165) is 25.2 Å². The van der Waals surface area contributed by atoms with Gasteiger partial charge in [-0.2, -0.15) is 0 Å². The molecule has 1 N–H and O–H groups in total. The maximum absolute atomic E-state index is 12.4. The molecule has 2 aliphatic rings. The Morgan fingerprint density at radius 3 is 2.67 bits per heavy atom. The fourth-order valence-electron chi connectivity index (χ4n) is 4.19. The Hall–Kier alpha value is -3.00. The highest BCUT2D eigenvalue weighted by atomic mass is 16.6. The number of non-ortho nitro benzene ring substituents is 1. The number of likely N-dealkylation sites (tertiary alicyclic amines) is 1. The summed E-state index contributed by atoms with van der Waals surface area (Å²) < 4.78 is 1.87. The maximum atomic E-state index is 12.4. The van der Waals surface area contributed by atoms with Crippen molar-refractivity contribution < 1.29 is 9.72 Å². The number of benzene rings is 1. The van der Waals surface area contributed by atoms with Crippen molar-refractivity contribution in [2.45, 2.75) is 18.9 Å². The number of rotatable bonds is 4. The van der Waals surface area contributed by atoms with Crippen molar-refractivity contribution in [1.82, 2.24) is 9.47 Å². The lowest BCUT2D eigenvalue weighted by Crippen LogP contribution is -2.49. The Balaban J connectivity index is 1.40. The van der Waals surface area contributed by atoms with Crippen LogP contribution in [-0.4, -0.2) is 39.9 Å². The predicted octanol–water partition coefficient (Wildman–Crippen LogP) is 1.81. The molecule has 4 rings (SSSR count). The molecular weight excluding hydrogens is 348 g/mol. The molecule has 3 heterocycles. The number of nitro groups is 1. The quantitative estimate of drug-likeness (QED) is 0.656. The summed E-state index contributed by atoms with van der Waals surface area (Å²) in [4.78, 5) is 36.8. The predicted molar refractivity (Wildman–Crippen MR) is 99.7 cm³/mol. The Morgan fingerprint density at radius 1 is 1.15 bits per heavy atom. The van der Waals surface area contributed by atoms with Gasteiger partial charge in [0.05, 0.1) is 11.5 Å². The normalized spacial score (nSPS) is 21.3. The molecule has 0 radical (unpaired) electrons. The van der Waals surface area contributed by atoms with Gasteiger partial charge in [0.2, 0.25) is 5.91 Å². The highest BCUT2D eigenvalue weighted by molar-refractivity contribution is 5.92. The Bertz CT molecular complexity index is 937. The van der Waals surface area contributed by atoms with Crippen LogP contribution in [0.3, 0.4) is 0 Å². The molecule has 2 aliphatic heterocycles. The van der Waals surface area contributed by atoms with Crippen molar-refractivity contribution in [2.24, 2.45) is 5.92 Å².